The highest BCUT2D eigenvalue weighted by Gasteiger charge is 2.23. The molecular formula is C32H26Br2ClN3O2. The lowest BCUT2D eigenvalue weighted by Gasteiger charge is -2.22. The molecule has 0 bridgehead atoms. The molecule has 0 aliphatic heterocycles. The van der Waals surface area contributed by atoms with Crippen molar-refractivity contribution in [3.8, 4) is 5.75 Å². The van der Waals surface area contributed by atoms with Crippen LogP contribution in [0.25, 0.3) is 21.7 Å². The number of rotatable bonds is 6. The lowest BCUT2D eigenvalue weighted by Crippen LogP contribution is -2.25. The highest BCUT2D eigenvalue weighted by atomic mass is 79.9. The maximum Gasteiger partial charge on any atom is 0.282 e. The summed E-state index contributed by atoms with van der Waals surface area (Å²) in [5.74, 6) is 1.49. The van der Waals surface area contributed by atoms with E-state index in [2.05, 4.69) is 56.1 Å². The van der Waals surface area contributed by atoms with Crippen LogP contribution in [0.3, 0.4) is 0 Å². The molecule has 1 aliphatic rings. The average molecular weight is 680 g/mol. The Morgan fingerprint density at radius 1 is 0.975 bits per heavy atom. The van der Waals surface area contributed by atoms with Crippen LogP contribution in [0.5, 0.6) is 5.75 Å². The van der Waals surface area contributed by atoms with Crippen LogP contribution >= 0.6 is 43.5 Å². The summed E-state index contributed by atoms with van der Waals surface area (Å²) in [6.07, 6.45) is 7.08. The van der Waals surface area contributed by atoms with E-state index in [0.29, 0.717) is 44.1 Å². The topological polar surface area (TPSA) is 56.5 Å². The van der Waals surface area contributed by atoms with E-state index < -0.39 is 0 Å². The number of benzene rings is 4. The van der Waals surface area contributed by atoms with Crippen LogP contribution in [-0.2, 0) is 6.61 Å². The van der Waals surface area contributed by atoms with Gasteiger partial charge in [-0.1, -0.05) is 89.3 Å². The van der Waals surface area contributed by atoms with Crippen molar-refractivity contribution in [2.45, 2.75) is 44.6 Å². The van der Waals surface area contributed by atoms with Crippen molar-refractivity contribution >= 4 is 71.4 Å². The molecule has 6 rings (SSSR count). The SMILES string of the molecule is O=c1c2cc(Br)ccc2nc(C2CCCCC2)n1N=Cc1cc(Cl)cc(Br)c1OCc1cccc2ccccc12. The lowest BCUT2D eigenvalue weighted by atomic mass is 9.88. The molecule has 5 aromatic rings. The molecule has 1 heterocycles. The zero-order valence-corrected chi connectivity index (χ0v) is 25.5. The van der Waals surface area contributed by atoms with Crippen LogP contribution in [0, 0.1) is 0 Å². The first-order chi connectivity index (χ1) is 19.5. The molecule has 8 heteroatoms. The second-order valence-electron chi connectivity index (χ2n) is 10.1. The molecule has 4 aromatic carbocycles. The van der Waals surface area contributed by atoms with E-state index in [1.807, 2.05) is 30.3 Å². The molecule has 0 radical (unpaired) electrons. The van der Waals surface area contributed by atoms with Crippen LogP contribution in [0.1, 0.15) is 55.0 Å². The van der Waals surface area contributed by atoms with Gasteiger partial charge in [0, 0.05) is 21.0 Å². The van der Waals surface area contributed by atoms with Gasteiger partial charge in [0.25, 0.3) is 5.56 Å². The zero-order valence-electron chi connectivity index (χ0n) is 21.6. The quantitative estimate of drug-likeness (QED) is 0.168. The molecule has 5 nitrogen and oxygen atoms in total. The van der Waals surface area contributed by atoms with E-state index in [4.69, 9.17) is 26.4 Å². The summed E-state index contributed by atoms with van der Waals surface area (Å²) >= 11 is 13.6. The van der Waals surface area contributed by atoms with Crippen LogP contribution in [-0.4, -0.2) is 15.9 Å². The molecule has 1 saturated carbocycles. The Bertz CT molecular complexity index is 1810. The average Bonchev–Trinajstić information content (AvgIpc) is 2.97. The summed E-state index contributed by atoms with van der Waals surface area (Å²) < 4.78 is 9.36. The molecule has 0 saturated heterocycles. The van der Waals surface area contributed by atoms with Gasteiger partial charge in [-0.05, 0) is 75.4 Å². The zero-order chi connectivity index (χ0) is 27.6. The Labute approximate surface area is 254 Å². The van der Waals surface area contributed by atoms with Crippen LogP contribution in [0.2, 0.25) is 5.02 Å². The maximum absolute atomic E-state index is 13.7. The van der Waals surface area contributed by atoms with Gasteiger partial charge < -0.3 is 4.74 Å². The van der Waals surface area contributed by atoms with E-state index in [1.165, 1.54) is 11.1 Å². The van der Waals surface area contributed by atoms with Gasteiger partial charge in [-0.15, -0.1) is 0 Å². The van der Waals surface area contributed by atoms with Crippen molar-refractivity contribution in [1.82, 2.24) is 9.66 Å². The number of hydrogen-bond acceptors (Lipinski definition) is 4. The fourth-order valence-electron chi connectivity index (χ4n) is 5.42. The molecule has 1 aromatic heterocycles. The summed E-state index contributed by atoms with van der Waals surface area (Å²) in [4.78, 5) is 18.7. The number of aromatic nitrogens is 2. The standard InChI is InChI=1S/C32H26Br2ClN3O2/c33-24-13-14-29-27(16-24)32(39)38(31(37-29)21-8-2-1-3-9-21)36-18-23-15-25(35)17-28(34)30(23)40-19-22-11-6-10-20-7-4-5-12-26(20)22/h4-7,10-18,21H,1-3,8-9,19H2. The minimum absolute atomic E-state index is 0.180. The number of halogens is 3. The van der Waals surface area contributed by atoms with Gasteiger partial charge in [0.05, 0.1) is 21.6 Å². The van der Waals surface area contributed by atoms with Gasteiger partial charge in [-0.25, -0.2) is 4.98 Å². The van der Waals surface area contributed by atoms with Crippen LogP contribution in [0.4, 0.5) is 0 Å². The summed E-state index contributed by atoms with van der Waals surface area (Å²) in [5, 5.41) is 8.07. The third kappa shape index (κ3) is 5.60. The molecule has 0 atom stereocenters. The lowest BCUT2D eigenvalue weighted by molar-refractivity contribution is 0.305. The molecule has 0 N–H and O–H groups in total. The summed E-state index contributed by atoms with van der Waals surface area (Å²) in [7, 11) is 0. The first kappa shape index (κ1) is 27.2. The maximum atomic E-state index is 13.7. The number of hydrogen-bond donors (Lipinski definition) is 0. The first-order valence-corrected chi connectivity index (χ1v) is 15.3. The smallest absolute Gasteiger partial charge is 0.282 e. The first-order valence-electron chi connectivity index (χ1n) is 13.3. The van der Waals surface area contributed by atoms with E-state index in [0.717, 1.165) is 46.5 Å². The number of nitrogens with zero attached hydrogens (tertiary/aromatic N) is 3. The minimum Gasteiger partial charge on any atom is -0.487 e. The predicted octanol–water partition coefficient (Wildman–Crippen LogP) is 9.24. The van der Waals surface area contributed by atoms with Crippen molar-refractivity contribution in [3.63, 3.8) is 0 Å². The third-order valence-corrected chi connectivity index (χ3v) is 8.71. The Hall–Kier alpha value is -3.00. The van der Waals surface area contributed by atoms with Crippen molar-refractivity contribution < 1.29 is 4.74 Å². The monoisotopic (exact) mass is 677 g/mol. The molecule has 202 valence electrons. The molecule has 0 amide bonds. The Morgan fingerprint density at radius 3 is 2.62 bits per heavy atom. The molecule has 40 heavy (non-hydrogen) atoms. The van der Waals surface area contributed by atoms with E-state index >= 15 is 0 Å². The van der Waals surface area contributed by atoms with Gasteiger partial charge in [-0.3, -0.25) is 4.79 Å². The van der Waals surface area contributed by atoms with E-state index in [1.54, 1.807) is 24.4 Å². The number of fused-ring (bicyclic) bond motifs is 2. The third-order valence-electron chi connectivity index (χ3n) is 7.41. The van der Waals surface area contributed by atoms with Crippen LogP contribution in [0.15, 0.2) is 91.6 Å². The van der Waals surface area contributed by atoms with E-state index in [-0.39, 0.29) is 11.5 Å². The Kier molecular flexibility index (Phi) is 8.05. The highest BCUT2D eigenvalue weighted by molar-refractivity contribution is 9.10. The Morgan fingerprint density at radius 2 is 1.77 bits per heavy atom. The van der Waals surface area contributed by atoms with Gasteiger partial charge >= 0.3 is 0 Å². The van der Waals surface area contributed by atoms with Crippen molar-refractivity contribution in [3.05, 3.63) is 114 Å². The van der Waals surface area contributed by atoms with Gasteiger partial charge in [0.1, 0.15) is 18.2 Å². The molecule has 0 unspecified atom stereocenters. The fraction of sp³-hybridized carbons (Fsp3) is 0.219. The van der Waals surface area contributed by atoms with Crippen molar-refractivity contribution in [2.75, 3.05) is 0 Å². The fourth-order valence-corrected chi connectivity index (χ4v) is 6.73. The van der Waals surface area contributed by atoms with Crippen molar-refractivity contribution in [2.24, 2.45) is 5.10 Å². The molecular weight excluding hydrogens is 654 g/mol. The van der Waals surface area contributed by atoms with Crippen molar-refractivity contribution in [1.29, 1.82) is 0 Å². The molecule has 0 spiro atoms. The second kappa shape index (κ2) is 11.9. The summed E-state index contributed by atoms with van der Waals surface area (Å²) in [5.41, 5.74) is 2.23. The van der Waals surface area contributed by atoms with Gasteiger partial charge in [0.15, 0.2) is 0 Å². The van der Waals surface area contributed by atoms with Gasteiger partial charge in [-0.2, -0.15) is 9.78 Å². The minimum atomic E-state index is -0.192. The predicted molar refractivity (Wildman–Crippen MR) is 170 cm³/mol. The largest absolute Gasteiger partial charge is 0.487 e. The van der Waals surface area contributed by atoms with Gasteiger partial charge in [0.2, 0.25) is 0 Å². The second-order valence-corrected chi connectivity index (χ2v) is 12.3. The molecule has 1 aliphatic carbocycles. The summed E-state index contributed by atoms with van der Waals surface area (Å²) in [6, 6.07) is 23.6. The molecule has 1 fully saturated rings. The number of ether oxygens (including phenoxy) is 1. The highest BCUT2D eigenvalue weighted by Crippen LogP contribution is 2.34. The normalized spacial score (nSPS) is 14.4. The van der Waals surface area contributed by atoms with Crippen LogP contribution < -0.4 is 10.3 Å². The Balaban J connectivity index is 1.41. The van der Waals surface area contributed by atoms with E-state index in [9.17, 15) is 4.79 Å². The summed E-state index contributed by atoms with van der Waals surface area (Å²) in [6.45, 7) is 0.362.